The van der Waals surface area contributed by atoms with E-state index < -0.39 is 38.6 Å². The molecule has 2 aromatic rings. The van der Waals surface area contributed by atoms with Crippen LogP contribution in [0, 0.1) is 20.2 Å². The fraction of sp³-hybridized carbons (Fsp3) is 0.235. The third-order valence-corrected chi connectivity index (χ3v) is 4.31. The number of hydrogen-bond acceptors (Lipinski definition) is 6. The minimum Gasteiger partial charge on any atom is -0.266 e. The second kappa shape index (κ2) is 7.25. The first-order valence-corrected chi connectivity index (χ1v) is 8.13. The molecule has 0 aliphatic heterocycles. The van der Waals surface area contributed by atoms with Gasteiger partial charge in [0.05, 0.1) is 21.1 Å². The van der Waals surface area contributed by atoms with Gasteiger partial charge in [-0.25, -0.2) is 0 Å². The Morgan fingerprint density at radius 2 is 1.61 bits per heavy atom. The average molecular weight is 394 g/mol. The van der Waals surface area contributed by atoms with Gasteiger partial charge in [-0.1, -0.05) is 24.3 Å². The zero-order valence-electron chi connectivity index (χ0n) is 14.2. The molecule has 0 saturated carbocycles. The van der Waals surface area contributed by atoms with Gasteiger partial charge in [0.15, 0.2) is 0 Å². The first kappa shape index (κ1) is 19.3. The first-order chi connectivity index (χ1) is 13.2. The zero-order chi connectivity index (χ0) is 20.5. The number of nitrogens with one attached hydrogen (secondary N) is 1. The van der Waals surface area contributed by atoms with E-state index in [4.69, 9.17) is 0 Å². The smallest absolute Gasteiger partial charge is 0.266 e. The molecule has 0 amide bonds. The van der Waals surface area contributed by atoms with Gasteiger partial charge in [0.1, 0.15) is 0 Å². The van der Waals surface area contributed by atoms with Gasteiger partial charge in [-0.15, -0.1) is 0 Å². The van der Waals surface area contributed by atoms with Gasteiger partial charge < -0.3 is 0 Å². The Bertz CT molecular complexity index is 954. The van der Waals surface area contributed by atoms with Crippen LogP contribution in [0.15, 0.2) is 41.5 Å². The fourth-order valence-corrected chi connectivity index (χ4v) is 3.02. The quantitative estimate of drug-likeness (QED) is 0.598. The lowest BCUT2D eigenvalue weighted by molar-refractivity contribution is -0.392. The van der Waals surface area contributed by atoms with E-state index in [1.54, 1.807) is 12.1 Å². The van der Waals surface area contributed by atoms with Crippen LogP contribution < -0.4 is 5.43 Å². The number of nitro benzene ring substituents is 2. The summed E-state index contributed by atoms with van der Waals surface area (Å²) in [5.74, 6) is 0. The third kappa shape index (κ3) is 3.77. The van der Waals surface area contributed by atoms with E-state index in [0.717, 1.165) is 24.0 Å². The molecule has 1 aliphatic rings. The van der Waals surface area contributed by atoms with E-state index in [1.165, 1.54) is 0 Å². The van der Waals surface area contributed by atoms with Gasteiger partial charge in [-0.2, -0.15) is 18.3 Å². The summed E-state index contributed by atoms with van der Waals surface area (Å²) >= 11 is 0. The van der Waals surface area contributed by atoms with E-state index in [9.17, 15) is 33.4 Å². The van der Waals surface area contributed by atoms with Crippen LogP contribution in [-0.4, -0.2) is 15.6 Å². The fourth-order valence-electron chi connectivity index (χ4n) is 3.02. The van der Waals surface area contributed by atoms with Crippen LogP contribution in [0.4, 0.5) is 30.2 Å². The highest BCUT2D eigenvalue weighted by Crippen LogP contribution is 2.41. The maximum atomic E-state index is 13.0. The second-order valence-corrected chi connectivity index (χ2v) is 6.08. The summed E-state index contributed by atoms with van der Waals surface area (Å²) in [5, 5.41) is 26.6. The molecule has 8 nitrogen and oxygen atoms in total. The summed E-state index contributed by atoms with van der Waals surface area (Å²) in [4.78, 5) is 20.3. The maximum Gasteiger partial charge on any atom is 0.416 e. The molecule has 146 valence electrons. The van der Waals surface area contributed by atoms with Crippen LogP contribution in [0.3, 0.4) is 0 Å². The summed E-state index contributed by atoms with van der Waals surface area (Å²) in [6.07, 6.45) is -2.88. The number of halogens is 3. The molecule has 0 fully saturated rings. The highest BCUT2D eigenvalue weighted by atomic mass is 19.4. The molecule has 0 saturated heterocycles. The van der Waals surface area contributed by atoms with Crippen molar-refractivity contribution in [3.8, 4) is 0 Å². The van der Waals surface area contributed by atoms with Crippen molar-refractivity contribution in [1.29, 1.82) is 0 Å². The Hall–Kier alpha value is -3.50. The Morgan fingerprint density at radius 3 is 2.18 bits per heavy atom. The van der Waals surface area contributed by atoms with Crippen LogP contribution >= 0.6 is 0 Å². The molecule has 0 aromatic heterocycles. The summed E-state index contributed by atoms with van der Waals surface area (Å²) < 4.78 is 38.9. The van der Waals surface area contributed by atoms with E-state index in [1.807, 2.05) is 12.1 Å². The van der Waals surface area contributed by atoms with Crippen molar-refractivity contribution in [2.45, 2.75) is 25.4 Å². The van der Waals surface area contributed by atoms with Gasteiger partial charge in [0.25, 0.3) is 0 Å². The van der Waals surface area contributed by atoms with E-state index in [2.05, 4.69) is 10.5 Å². The molecule has 28 heavy (non-hydrogen) atoms. The number of alkyl halides is 3. The molecule has 0 spiro atoms. The zero-order valence-corrected chi connectivity index (χ0v) is 14.2. The number of benzene rings is 2. The van der Waals surface area contributed by atoms with Crippen molar-refractivity contribution in [3.63, 3.8) is 0 Å². The van der Waals surface area contributed by atoms with Gasteiger partial charge in [-0.3, -0.25) is 25.7 Å². The molecule has 0 radical (unpaired) electrons. The molecule has 3 rings (SSSR count). The lowest BCUT2D eigenvalue weighted by atomic mass is 9.90. The number of nitrogens with zero attached hydrogens (tertiary/aromatic N) is 3. The predicted molar refractivity (Wildman–Crippen MR) is 94.3 cm³/mol. The van der Waals surface area contributed by atoms with Crippen molar-refractivity contribution >= 4 is 22.8 Å². The molecular weight excluding hydrogens is 381 g/mol. The molecule has 0 unspecified atom stereocenters. The Kier molecular flexibility index (Phi) is 4.99. The van der Waals surface area contributed by atoms with E-state index >= 15 is 0 Å². The topological polar surface area (TPSA) is 111 Å². The van der Waals surface area contributed by atoms with Crippen molar-refractivity contribution in [2.75, 3.05) is 5.43 Å². The van der Waals surface area contributed by atoms with Crippen molar-refractivity contribution in [2.24, 2.45) is 5.10 Å². The molecule has 2 aromatic carbocycles. The van der Waals surface area contributed by atoms with Crippen LogP contribution in [-0.2, 0) is 12.6 Å². The van der Waals surface area contributed by atoms with Crippen LogP contribution in [0.2, 0.25) is 0 Å². The Balaban J connectivity index is 2.09. The number of hydrogen-bond donors (Lipinski definition) is 1. The molecule has 11 heteroatoms. The molecule has 1 aliphatic carbocycles. The Morgan fingerprint density at radius 1 is 1.00 bits per heavy atom. The second-order valence-electron chi connectivity index (χ2n) is 6.08. The largest absolute Gasteiger partial charge is 0.416 e. The normalized spacial score (nSPS) is 15.2. The summed E-state index contributed by atoms with van der Waals surface area (Å²) in [7, 11) is 0. The average Bonchev–Trinajstić information content (AvgIpc) is 2.64. The third-order valence-electron chi connectivity index (χ3n) is 4.31. The predicted octanol–water partition coefficient (Wildman–Crippen LogP) is 4.67. The number of anilines is 1. The van der Waals surface area contributed by atoms with Crippen molar-refractivity contribution in [3.05, 3.63) is 73.3 Å². The maximum absolute atomic E-state index is 13.0. The lowest BCUT2D eigenvalue weighted by Gasteiger charge is -2.17. The number of aryl methyl sites for hydroxylation is 1. The molecule has 0 atom stereocenters. The van der Waals surface area contributed by atoms with Crippen molar-refractivity contribution in [1.82, 2.24) is 0 Å². The summed E-state index contributed by atoms with van der Waals surface area (Å²) in [5.41, 5.74) is 0.262. The highest BCUT2D eigenvalue weighted by Gasteiger charge is 2.37. The molecular formula is C17H13F3N4O4. The lowest BCUT2D eigenvalue weighted by Crippen LogP contribution is -2.14. The first-order valence-electron chi connectivity index (χ1n) is 8.13. The summed E-state index contributed by atoms with van der Waals surface area (Å²) in [6.45, 7) is 0. The van der Waals surface area contributed by atoms with Crippen molar-refractivity contribution < 1.29 is 23.0 Å². The molecule has 0 bridgehead atoms. The minimum atomic E-state index is -4.97. The molecule has 1 N–H and O–H groups in total. The number of nitro groups is 2. The number of rotatable bonds is 4. The summed E-state index contributed by atoms with van der Waals surface area (Å²) in [6, 6.07) is 7.83. The number of fused-ring (bicyclic) bond motifs is 1. The monoisotopic (exact) mass is 394 g/mol. The SMILES string of the molecule is O=[N+]([O-])c1cc(C(F)(F)F)cc([N+](=O)[O-])c1NN=C1CCCc2ccccc21. The van der Waals surface area contributed by atoms with Gasteiger partial charge in [-0.05, 0) is 24.8 Å². The van der Waals surface area contributed by atoms with Gasteiger partial charge >= 0.3 is 17.6 Å². The van der Waals surface area contributed by atoms with Gasteiger partial charge in [0.2, 0.25) is 5.69 Å². The number of hydrazone groups is 1. The highest BCUT2D eigenvalue weighted by molar-refractivity contribution is 6.03. The molecule has 0 heterocycles. The van der Waals surface area contributed by atoms with Crippen LogP contribution in [0.25, 0.3) is 0 Å². The van der Waals surface area contributed by atoms with E-state index in [-0.39, 0.29) is 12.1 Å². The van der Waals surface area contributed by atoms with E-state index in [0.29, 0.717) is 12.1 Å². The standard InChI is InChI=1S/C17H13F3N4O4/c18-17(19,20)11-8-14(23(25)26)16(15(9-11)24(27)28)22-21-13-7-3-5-10-4-1-2-6-12(10)13/h1-2,4,6,8-9,22H,3,5,7H2. The Labute approximate surface area is 156 Å². The minimum absolute atomic E-state index is 0.254. The van der Waals surface area contributed by atoms with Gasteiger partial charge in [0, 0.05) is 17.7 Å². The van der Waals surface area contributed by atoms with Crippen LogP contribution in [0.1, 0.15) is 29.5 Å². The van der Waals surface area contributed by atoms with Crippen LogP contribution in [0.5, 0.6) is 0 Å².